The number of nitrogens with one attached hydrogen (secondary N) is 1. The van der Waals surface area contributed by atoms with Gasteiger partial charge in [0.25, 0.3) is 0 Å². The number of benzene rings is 2. The molecule has 3 rings (SSSR count). The van der Waals surface area contributed by atoms with E-state index in [4.69, 9.17) is 14.2 Å². The highest BCUT2D eigenvalue weighted by molar-refractivity contribution is 9.10. The summed E-state index contributed by atoms with van der Waals surface area (Å²) in [7, 11) is 4.86. The molecule has 0 aliphatic carbocycles. The molecule has 0 aliphatic heterocycles. The fourth-order valence-corrected chi connectivity index (χ4v) is 2.83. The highest BCUT2D eigenvalue weighted by Crippen LogP contribution is 2.34. The summed E-state index contributed by atoms with van der Waals surface area (Å²) in [5.74, 6) is 2.88. The van der Waals surface area contributed by atoms with Crippen LogP contribution in [0.3, 0.4) is 0 Å². The number of methoxy groups -OCH3 is 3. The van der Waals surface area contributed by atoms with Gasteiger partial charge in [-0.3, -0.25) is 0 Å². The van der Waals surface area contributed by atoms with Gasteiger partial charge in [-0.2, -0.15) is 0 Å². The number of imidazole rings is 1. The average molecular weight is 363 g/mol. The molecule has 0 radical (unpaired) electrons. The lowest BCUT2D eigenvalue weighted by Gasteiger charge is -2.06. The highest BCUT2D eigenvalue weighted by atomic mass is 79.9. The van der Waals surface area contributed by atoms with Crippen LogP contribution in [0.5, 0.6) is 17.2 Å². The first-order valence-electron chi connectivity index (χ1n) is 6.62. The van der Waals surface area contributed by atoms with Crippen LogP contribution in [0.4, 0.5) is 0 Å². The number of hydrogen-bond donors (Lipinski definition) is 1. The van der Waals surface area contributed by atoms with E-state index in [0.717, 1.165) is 32.6 Å². The Hall–Kier alpha value is -2.21. The summed E-state index contributed by atoms with van der Waals surface area (Å²) < 4.78 is 16.7. The number of H-pyrrole nitrogens is 1. The van der Waals surface area contributed by atoms with Crippen LogP contribution in [0.2, 0.25) is 0 Å². The minimum absolute atomic E-state index is 0.656. The summed E-state index contributed by atoms with van der Waals surface area (Å²) in [6.07, 6.45) is 0. The number of aromatic amines is 1. The van der Waals surface area contributed by atoms with Crippen LogP contribution >= 0.6 is 15.9 Å². The van der Waals surface area contributed by atoms with Crippen molar-refractivity contribution in [3.63, 3.8) is 0 Å². The third-order valence-corrected chi connectivity index (χ3v) is 4.03. The first-order chi connectivity index (χ1) is 10.7. The monoisotopic (exact) mass is 362 g/mol. The quantitative estimate of drug-likeness (QED) is 0.761. The minimum Gasteiger partial charge on any atom is -0.496 e. The molecule has 0 spiro atoms. The molecule has 0 fully saturated rings. The zero-order valence-corrected chi connectivity index (χ0v) is 14.0. The number of nitrogens with zero attached hydrogens (tertiary/aromatic N) is 1. The Morgan fingerprint density at radius 2 is 1.59 bits per heavy atom. The summed E-state index contributed by atoms with van der Waals surface area (Å²) >= 11 is 3.49. The molecule has 0 unspecified atom stereocenters. The SMILES string of the molecule is COc1ccc(-c2nc3cc(OC)c(OC)cc3[nH]2)cc1Br. The van der Waals surface area contributed by atoms with Gasteiger partial charge in [-0.05, 0) is 34.1 Å². The van der Waals surface area contributed by atoms with E-state index in [9.17, 15) is 0 Å². The predicted molar refractivity (Wildman–Crippen MR) is 88.9 cm³/mol. The molecule has 2 aromatic carbocycles. The number of halogens is 1. The molecule has 0 amide bonds. The summed E-state index contributed by atoms with van der Waals surface area (Å²) in [6.45, 7) is 0. The number of hydrogen-bond acceptors (Lipinski definition) is 4. The van der Waals surface area contributed by atoms with Crippen molar-refractivity contribution in [2.24, 2.45) is 0 Å². The van der Waals surface area contributed by atoms with E-state index < -0.39 is 0 Å². The van der Waals surface area contributed by atoms with Crippen LogP contribution in [-0.4, -0.2) is 31.3 Å². The van der Waals surface area contributed by atoms with E-state index in [2.05, 4.69) is 25.9 Å². The number of rotatable bonds is 4. The van der Waals surface area contributed by atoms with E-state index in [-0.39, 0.29) is 0 Å². The zero-order chi connectivity index (χ0) is 15.7. The molecular weight excluding hydrogens is 348 g/mol. The molecule has 22 heavy (non-hydrogen) atoms. The zero-order valence-electron chi connectivity index (χ0n) is 12.4. The van der Waals surface area contributed by atoms with E-state index in [0.29, 0.717) is 11.5 Å². The first-order valence-corrected chi connectivity index (χ1v) is 7.41. The fraction of sp³-hybridized carbons (Fsp3) is 0.188. The normalized spacial score (nSPS) is 10.7. The standard InChI is InChI=1S/C16H15BrN2O3/c1-20-13-5-4-9(6-10(13)17)16-18-11-7-14(21-2)15(22-3)8-12(11)19-16/h4-8H,1-3H3,(H,18,19). The maximum Gasteiger partial charge on any atom is 0.163 e. The third-order valence-electron chi connectivity index (χ3n) is 3.41. The number of aromatic nitrogens is 2. The summed E-state index contributed by atoms with van der Waals surface area (Å²) in [4.78, 5) is 7.91. The van der Waals surface area contributed by atoms with Crippen LogP contribution in [0.25, 0.3) is 22.4 Å². The maximum atomic E-state index is 5.31. The maximum absolute atomic E-state index is 5.31. The largest absolute Gasteiger partial charge is 0.496 e. The van der Waals surface area contributed by atoms with Gasteiger partial charge in [0.1, 0.15) is 11.6 Å². The molecular formula is C16H15BrN2O3. The Bertz CT molecular complexity index is 789. The molecule has 1 heterocycles. The van der Waals surface area contributed by atoms with Crippen molar-refractivity contribution in [3.8, 4) is 28.6 Å². The van der Waals surface area contributed by atoms with Crippen molar-refractivity contribution in [3.05, 3.63) is 34.8 Å². The lowest BCUT2D eigenvalue weighted by Crippen LogP contribution is -1.89. The number of ether oxygens (including phenoxy) is 3. The van der Waals surface area contributed by atoms with Crippen LogP contribution < -0.4 is 14.2 Å². The van der Waals surface area contributed by atoms with Crippen LogP contribution in [0, 0.1) is 0 Å². The lowest BCUT2D eigenvalue weighted by atomic mass is 10.2. The van der Waals surface area contributed by atoms with E-state index in [1.54, 1.807) is 21.3 Å². The molecule has 0 bridgehead atoms. The first kappa shape index (κ1) is 14.7. The molecule has 0 saturated heterocycles. The van der Waals surface area contributed by atoms with E-state index in [1.165, 1.54) is 0 Å². The van der Waals surface area contributed by atoms with Crippen molar-refractivity contribution in [1.82, 2.24) is 9.97 Å². The van der Waals surface area contributed by atoms with Gasteiger partial charge in [0.05, 0.1) is 36.8 Å². The van der Waals surface area contributed by atoms with Gasteiger partial charge in [0.15, 0.2) is 11.5 Å². The van der Waals surface area contributed by atoms with Gasteiger partial charge < -0.3 is 19.2 Å². The second-order valence-electron chi connectivity index (χ2n) is 4.66. The third kappa shape index (κ3) is 2.50. The lowest BCUT2D eigenvalue weighted by molar-refractivity contribution is 0.356. The highest BCUT2D eigenvalue weighted by Gasteiger charge is 2.12. The van der Waals surface area contributed by atoms with Crippen molar-refractivity contribution in [1.29, 1.82) is 0 Å². The molecule has 0 atom stereocenters. The van der Waals surface area contributed by atoms with Crippen LogP contribution in [0.1, 0.15) is 0 Å². The van der Waals surface area contributed by atoms with E-state index in [1.807, 2.05) is 30.3 Å². The van der Waals surface area contributed by atoms with Gasteiger partial charge in [0.2, 0.25) is 0 Å². The van der Waals surface area contributed by atoms with Crippen molar-refractivity contribution in [2.45, 2.75) is 0 Å². The fourth-order valence-electron chi connectivity index (χ4n) is 2.29. The summed E-state index contributed by atoms with van der Waals surface area (Å²) in [6, 6.07) is 9.55. The number of fused-ring (bicyclic) bond motifs is 1. The Morgan fingerprint density at radius 3 is 2.23 bits per heavy atom. The van der Waals surface area contributed by atoms with Gasteiger partial charge in [-0.1, -0.05) is 0 Å². The summed E-state index contributed by atoms with van der Waals surface area (Å²) in [5, 5.41) is 0. The van der Waals surface area contributed by atoms with Crippen LogP contribution in [0.15, 0.2) is 34.8 Å². The second kappa shape index (κ2) is 5.88. The predicted octanol–water partition coefficient (Wildman–Crippen LogP) is 4.02. The average Bonchev–Trinajstić information content (AvgIpc) is 2.96. The van der Waals surface area contributed by atoms with Gasteiger partial charge >= 0.3 is 0 Å². The Labute approximate surface area is 136 Å². The molecule has 5 nitrogen and oxygen atoms in total. The minimum atomic E-state index is 0.656. The van der Waals surface area contributed by atoms with Gasteiger partial charge in [-0.15, -0.1) is 0 Å². The Morgan fingerprint density at radius 1 is 0.909 bits per heavy atom. The molecule has 1 N–H and O–H groups in total. The smallest absolute Gasteiger partial charge is 0.163 e. The van der Waals surface area contributed by atoms with Crippen molar-refractivity contribution >= 4 is 27.0 Å². The summed E-state index contributed by atoms with van der Waals surface area (Å²) in [5.41, 5.74) is 2.67. The van der Waals surface area contributed by atoms with Gasteiger partial charge in [-0.25, -0.2) is 4.98 Å². The van der Waals surface area contributed by atoms with Crippen molar-refractivity contribution in [2.75, 3.05) is 21.3 Å². The van der Waals surface area contributed by atoms with Gasteiger partial charge in [0, 0.05) is 17.7 Å². The molecule has 114 valence electrons. The Kier molecular flexibility index (Phi) is 3.94. The molecule has 6 heteroatoms. The Balaban J connectivity index is 2.10. The van der Waals surface area contributed by atoms with Crippen molar-refractivity contribution < 1.29 is 14.2 Å². The topological polar surface area (TPSA) is 56.4 Å². The molecule has 0 aliphatic rings. The second-order valence-corrected chi connectivity index (χ2v) is 5.51. The van der Waals surface area contributed by atoms with E-state index >= 15 is 0 Å². The molecule has 1 aromatic heterocycles. The molecule has 3 aromatic rings. The van der Waals surface area contributed by atoms with Crippen LogP contribution in [-0.2, 0) is 0 Å². The molecule has 0 saturated carbocycles.